The summed E-state index contributed by atoms with van der Waals surface area (Å²) in [6.45, 7) is -0.345. The largest absolute Gasteiger partial charge is 0.505 e. The van der Waals surface area contributed by atoms with Gasteiger partial charge < -0.3 is 14.6 Å². The van der Waals surface area contributed by atoms with Gasteiger partial charge in [0, 0.05) is 24.1 Å². The van der Waals surface area contributed by atoms with Crippen LogP contribution in [-0.2, 0) is 4.74 Å². The number of benzene rings is 1. The molecule has 0 spiro atoms. The second-order valence-electron chi connectivity index (χ2n) is 3.55. The first-order valence-corrected chi connectivity index (χ1v) is 5.27. The second-order valence-corrected chi connectivity index (χ2v) is 3.55. The third kappa shape index (κ3) is 4.09. The van der Waals surface area contributed by atoms with Crippen molar-refractivity contribution in [2.24, 2.45) is 0 Å². The minimum atomic E-state index is -1.62. The molecule has 0 aliphatic heterocycles. The summed E-state index contributed by atoms with van der Waals surface area (Å²) in [5.41, 5.74) is -0.275. The molecule has 0 amide bonds. The van der Waals surface area contributed by atoms with Crippen molar-refractivity contribution in [1.29, 1.82) is 0 Å². The molecule has 1 rings (SSSR count). The predicted octanol–water partition coefficient (Wildman–Crippen LogP) is 2.70. The third-order valence-corrected chi connectivity index (χ3v) is 2.36. The van der Waals surface area contributed by atoms with E-state index in [0.29, 0.717) is 0 Å². The summed E-state index contributed by atoms with van der Waals surface area (Å²) in [6, 6.07) is 3.55. The van der Waals surface area contributed by atoms with E-state index < -0.39 is 17.3 Å². The molecule has 0 fully saturated rings. The van der Waals surface area contributed by atoms with Gasteiger partial charge in [0.2, 0.25) is 0 Å². The van der Waals surface area contributed by atoms with Crippen molar-refractivity contribution in [2.75, 3.05) is 13.7 Å². The van der Waals surface area contributed by atoms with E-state index in [9.17, 15) is 19.3 Å². The number of rotatable bonds is 6. The molecular weight excluding hydrogens is 261 g/mol. The lowest BCUT2D eigenvalue weighted by Crippen LogP contribution is -2.06. The molecule has 0 radical (unpaired) electrons. The minimum absolute atomic E-state index is 0.00862. The Hall–Kier alpha value is -2.38. The number of halogens is 1. The van der Waals surface area contributed by atoms with Crippen molar-refractivity contribution in [1.82, 2.24) is 0 Å². The minimum Gasteiger partial charge on any atom is -0.496 e. The van der Waals surface area contributed by atoms with E-state index in [-0.39, 0.29) is 30.0 Å². The first kappa shape index (κ1) is 14.7. The number of carbonyl (C=O) groups is 1. The third-order valence-electron chi connectivity index (χ3n) is 2.36. The summed E-state index contributed by atoms with van der Waals surface area (Å²) in [5.74, 6) is 0.161. The van der Waals surface area contributed by atoms with E-state index in [1.807, 2.05) is 0 Å². The SMILES string of the molecule is COc1ccc([N+](=O)[O-])cc1C(F)CCOC(=O)O. The van der Waals surface area contributed by atoms with Crippen LogP contribution in [0.3, 0.4) is 0 Å². The Bertz CT molecular complexity index is 478. The maximum atomic E-state index is 13.9. The molecule has 104 valence electrons. The fourth-order valence-corrected chi connectivity index (χ4v) is 1.49. The van der Waals surface area contributed by atoms with Gasteiger partial charge >= 0.3 is 6.16 Å². The zero-order valence-corrected chi connectivity index (χ0v) is 10.0. The highest BCUT2D eigenvalue weighted by atomic mass is 19.1. The van der Waals surface area contributed by atoms with Gasteiger partial charge in [-0.05, 0) is 6.07 Å². The smallest absolute Gasteiger partial charge is 0.496 e. The molecule has 8 heteroatoms. The second kappa shape index (κ2) is 6.53. The first-order chi connectivity index (χ1) is 8.95. The number of ether oxygens (including phenoxy) is 2. The average molecular weight is 273 g/mol. The molecule has 0 aliphatic carbocycles. The van der Waals surface area contributed by atoms with Crippen LogP contribution >= 0.6 is 0 Å². The lowest BCUT2D eigenvalue weighted by molar-refractivity contribution is -0.385. The van der Waals surface area contributed by atoms with Gasteiger partial charge in [-0.3, -0.25) is 10.1 Å². The number of nitro groups is 1. The van der Waals surface area contributed by atoms with Crippen LogP contribution in [0.25, 0.3) is 0 Å². The van der Waals surface area contributed by atoms with Gasteiger partial charge in [0.05, 0.1) is 18.6 Å². The first-order valence-electron chi connectivity index (χ1n) is 5.27. The number of carboxylic acid groups (broad SMARTS) is 1. The zero-order valence-electron chi connectivity index (χ0n) is 10.0. The normalized spacial score (nSPS) is 11.7. The van der Waals surface area contributed by atoms with Crippen molar-refractivity contribution in [3.63, 3.8) is 0 Å². The molecule has 0 saturated carbocycles. The van der Waals surface area contributed by atoms with Crippen LogP contribution in [0.15, 0.2) is 18.2 Å². The van der Waals surface area contributed by atoms with Crippen molar-refractivity contribution in [2.45, 2.75) is 12.6 Å². The Balaban J connectivity index is 2.86. The van der Waals surface area contributed by atoms with E-state index in [0.717, 1.165) is 6.07 Å². The van der Waals surface area contributed by atoms with Crippen LogP contribution in [-0.4, -0.2) is 29.9 Å². The van der Waals surface area contributed by atoms with E-state index in [2.05, 4.69) is 4.74 Å². The van der Waals surface area contributed by atoms with Gasteiger partial charge in [-0.1, -0.05) is 0 Å². The van der Waals surface area contributed by atoms with Crippen LogP contribution in [0.5, 0.6) is 5.75 Å². The molecule has 7 nitrogen and oxygen atoms in total. The molecule has 1 aromatic rings. The van der Waals surface area contributed by atoms with Gasteiger partial charge in [0.25, 0.3) is 5.69 Å². The van der Waals surface area contributed by atoms with Crippen LogP contribution in [0.2, 0.25) is 0 Å². The lowest BCUT2D eigenvalue weighted by atomic mass is 10.1. The molecule has 0 aromatic heterocycles. The summed E-state index contributed by atoms with van der Waals surface area (Å²) >= 11 is 0. The number of nitro benzene ring substituents is 1. The summed E-state index contributed by atoms with van der Waals surface area (Å²) in [6.07, 6.45) is -3.36. The Morgan fingerprint density at radius 3 is 2.79 bits per heavy atom. The molecule has 0 aliphatic rings. The Labute approximate surface area is 107 Å². The Kier molecular flexibility index (Phi) is 5.04. The predicted molar refractivity (Wildman–Crippen MR) is 62.1 cm³/mol. The van der Waals surface area contributed by atoms with Gasteiger partial charge in [0.15, 0.2) is 0 Å². The number of nitrogens with zero attached hydrogens (tertiary/aromatic N) is 1. The van der Waals surface area contributed by atoms with Gasteiger partial charge in [0.1, 0.15) is 11.9 Å². The average Bonchev–Trinajstić information content (AvgIpc) is 2.37. The van der Waals surface area contributed by atoms with Crippen molar-refractivity contribution in [3.05, 3.63) is 33.9 Å². The molecule has 1 atom stereocenters. The molecular formula is C11H12FNO6. The molecule has 1 aromatic carbocycles. The molecule has 19 heavy (non-hydrogen) atoms. The maximum absolute atomic E-state index is 13.9. The standard InChI is InChI=1S/C11H12FNO6/c1-18-10-3-2-7(13(16)17)6-8(10)9(12)4-5-19-11(14)15/h2-3,6,9H,4-5H2,1H3,(H,14,15). The number of hydrogen-bond donors (Lipinski definition) is 1. The van der Waals surface area contributed by atoms with E-state index in [4.69, 9.17) is 9.84 Å². The molecule has 1 N–H and O–H groups in total. The number of methoxy groups -OCH3 is 1. The number of alkyl halides is 1. The van der Waals surface area contributed by atoms with Crippen molar-refractivity contribution < 1.29 is 28.7 Å². The van der Waals surface area contributed by atoms with Crippen molar-refractivity contribution >= 4 is 11.8 Å². The highest BCUT2D eigenvalue weighted by molar-refractivity contribution is 5.56. The van der Waals surface area contributed by atoms with E-state index in [1.165, 1.54) is 19.2 Å². The molecule has 0 heterocycles. The molecule has 0 saturated heterocycles. The monoisotopic (exact) mass is 273 g/mol. The summed E-state index contributed by atoms with van der Waals surface area (Å²) < 4.78 is 23.0. The van der Waals surface area contributed by atoms with Gasteiger partial charge in [-0.2, -0.15) is 0 Å². The highest BCUT2D eigenvalue weighted by Gasteiger charge is 2.19. The Morgan fingerprint density at radius 2 is 2.26 bits per heavy atom. The fourth-order valence-electron chi connectivity index (χ4n) is 1.49. The quantitative estimate of drug-likeness (QED) is 0.486. The maximum Gasteiger partial charge on any atom is 0.505 e. The zero-order chi connectivity index (χ0) is 14.4. The van der Waals surface area contributed by atoms with Gasteiger partial charge in [-0.15, -0.1) is 0 Å². The van der Waals surface area contributed by atoms with Crippen LogP contribution in [0, 0.1) is 10.1 Å². The Morgan fingerprint density at radius 1 is 1.58 bits per heavy atom. The number of non-ortho nitro benzene ring substituents is 1. The van der Waals surface area contributed by atoms with Crippen molar-refractivity contribution in [3.8, 4) is 5.75 Å². The van der Waals surface area contributed by atoms with E-state index >= 15 is 0 Å². The van der Waals surface area contributed by atoms with Crippen LogP contribution in [0.4, 0.5) is 14.9 Å². The topological polar surface area (TPSA) is 98.9 Å². The highest BCUT2D eigenvalue weighted by Crippen LogP contribution is 2.33. The van der Waals surface area contributed by atoms with Crippen LogP contribution < -0.4 is 4.74 Å². The van der Waals surface area contributed by atoms with E-state index in [1.54, 1.807) is 0 Å². The summed E-state index contributed by atoms with van der Waals surface area (Å²) in [4.78, 5) is 20.1. The number of hydrogen-bond acceptors (Lipinski definition) is 5. The van der Waals surface area contributed by atoms with Crippen LogP contribution in [0.1, 0.15) is 18.2 Å². The molecule has 0 bridgehead atoms. The fraction of sp³-hybridized carbons (Fsp3) is 0.364. The summed E-state index contributed by atoms with van der Waals surface area (Å²) in [7, 11) is 1.31. The van der Waals surface area contributed by atoms with Gasteiger partial charge in [-0.25, -0.2) is 9.18 Å². The lowest BCUT2D eigenvalue weighted by Gasteiger charge is -2.12. The molecule has 1 unspecified atom stereocenters. The summed E-state index contributed by atoms with van der Waals surface area (Å²) in [5, 5.41) is 18.9.